The van der Waals surface area contributed by atoms with Gasteiger partial charge in [0.2, 0.25) is 5.91 Å². The molecule has 2 atom stereocenters. The van der Waals surface area contributed by atoms with Gasteiger partial charge in [0.05, 0.1) is 6.42 Å². The van der Waals surface area contributed by atoms with Crippen LogP contribution in [0.1, 0.15) is 25.3 Å². The lowest BCUT2D eigenvalue weighted by Gasteiger charge is -2.37. The smallest absolute Gasteiger partial charge is 0.227 e. The van der Waals surface area contributed by atoms with Gasteiger partial charge in [-0.25, -0.2) is 0 Å². The highest BCUT2D eigenvalue weighted by Gasteiger charge is 2.28. The number of carbonyl (C=O) groups is 1. The molecule has 1 saturated heterocycles. The highest BCUT2D eigenvalue weighted by molar-refractivity contribution is 5.89. The molecule has 1 aromatic heterocycles. The Labute approximate surface area is 131 Å². The molecule has 22 heavy (non-hydrogen) atoms. The zero-order valence-electron chi connectivity index (χ0n) is 13.3. The van der Waals surface area contributed by atoms with Crippen molar-refractivity contribution in [3.05, 3.63) is 36.0 Å². The minimum Gasteiger partial charge on any atom is -0.396 e. The largest absolute Gasteiger partial charge is 0.396 e. The first-order valence-corrected chi connectivity index (χ1v) is 8.03. The van der Waals surface area contributed by atoms with Gasteiger partial charge in [0, 0.05) is 43.3 Å². The summed E-state index contributed by atoms with van der Waals surface area (Å²) in [6, 6.07) is 8.46. The van der Waals surface area contributed by atoms with E-state index in [4.69, 9.17) is 0 Å². The third-order valence-electron chi connectivity index (χ3n) is 4.88. The molecule has 0 bridgehead atoms. The van der Waals surface area contributed by atoms with Crippen molar-refractivity contribution in [2.24, 2.45) is 13.0 Å². The van der Waals surface area contributed by atoms with E-state index < -0.39 is 0 Å². The zero-order valence-corrected chi connectivity index (χ0v) is 13.3. The van der Waals surface area contributed by atoms with Crippen molar-refractivity contribution in [1.82, 2.24) is 9.47 Å². The monoisotopic (exact) mass is 300 g/mol. The molecule has 1 amide bonds. The van der Waals surface area contributed by atoms with E-state index in [-0.39, 0.29) is 24.5 Å². The van der Waals surface area contributed by atoms with Crippen LogP contribution in [0, 0.1) is 5.92 Å². The van der Waals surface area contributed by atoms with Gasteiger partial charge in [0.15, 0.2) is 0 Å². The lowest BCUT2D eigenvalue weighted by molar-refractivity contribution is -0.135. The fourth-order valence-corrected chi connectivity index (χ4v) is 3.51. The maximum absolute atomic E-state index is 12.7. The molecule has 4 heteroatoms. The van der Waals surface area contributed by atoms with E-state index in [1.54, 1.807) is 0 Å². The highest BCUT2D eigenvalue weighted by atomic mass is 16.3. The van der Waals surface area contributed by atoms with Gasteiger partial charge in [-0.2, -0.15) is 0 Å². The number of para-hydroxylation sites is 1. The Bertz CT molecular complexity index is 677. The Hall–Kier alpha value is -1.81. The normalized spacial score (nSPS) is 22.2. The Morgan fingerprint density at radius 2 is 2.09 bits per heavy atom. The second-order valence-electron chi connectivity index (χ2n) is 6.48. The number of nitrogens with zero attached hydrogens (tertiary/aromatic N) is 2. The second kappa shape index (κ2) is 6.13. The van der Waals surface area contributed by atoms with Crippen molar-refractivity contribution >= 4 is 16.8 Å². The Kier molecular flexibility index (Phi) is 4.21. The van der Waals surface area contributed by atoms with Crippen LogP contribution in [0.4, 0.5) is 0 Å². The number of aryl methyl sites for hydroxylation is 1. The molecular weight excluding hydrogens is 276 g/mol. The molecule has 1 aromatic carbocycles. The molecule has 2 aromatic rings. The summed E-state index contributed by atoms with van der Waals surface area (Å²) >= 11 is 0. The average molecular weight is 300 g/mol. The predicted molar refractivity (Wildman–Crippen MR) is 87.6 cm³/mol. The highest BCUT2D eigenvalue weighted by Crippen LogP contribution is 2.25. The maximum Gasteiger partial charge on any atom is 0.227 e. The van der Waals surface area contributed by atoms with E-state index in [0.717, 1.165) is 29.3 Å². The number of piperidine rings is 1. The van der Waals surface area contributed by atoms with Gasteiger partial charge in [0.25, 0.3) is 0 Å². The number of amides is 1. The predicted octanol–water partition coefficient (Wildman–Crippen LogP) is 2.34. The van der Waals surface area contributed by atoms with Crippen molar-refractivity contribution in [2.75, 3.05) is 13.2 Å². The fraction of sp³-hybridized carbons (Fsp3) is 0.500. The average Bonchev–Trinajstić information content (AvgIpc) is 2.84. The van der Waals surface area contributed by atoms with Gasteiger partial charge in [-0.1, -0.05) is 18.2 Å². The third-order valence-corrected chi connectivity index (χ3v) is 4.88. The number of likely N-dealkylation sites (tertiary alicyclic amines) is 1. The summed E-state index contributed by atoms with van der Waals surface area (Å²) in [5.41, 5.74) is 2.24. The summed E-state index contributed by atoms with van der Waals surface area (Å²) in [6.07, 6.45) is 4.48. The van der Waals surface area contributed by atoms with Crippen LogP contribution in [-0.2, 0) is 18.3 Å². The molecule has 1 aliphatic heterocycles. The van der Waals surface area contributed by atoms with Gasteiger partial charge >= 0.3 is 0 Å². The molecular formula is C18H24N2O2. The number of aromatic nitrogens is 1. The van der Waals surface area contributed by atoms with Crippen LogP contribution in [0.3, 0.4) is 0 Å². The maximum atomic E-state index is 12.7. The van der Waals surface area contributed by atoms with Crippen LogP contribution in [0.2, 0.25) is 0 Å². The molecule has 0 radical (unpaired) electrons. The number of aliphatic hydroxyl groups is 1. The van der Waals surface area contributed by atoms with Crippen LogP contribution in [0.15, 0.2) is 30.5 Å². The van der Waals surface area contributed by atoms with E-state index in [0.29, 0.717) is 13.0 Å². The van der Waals surface area contributed by atoms with E-state index in [1.165, 1.54) is 0 Å². The molecule has 118 valence electrons. The number of rotatable bonds is 3. The van der Waals surface area contributed by atoms with Crippen LogP contribution < -0.4 is 0 Å². The molecule has 0 aliphatic carbocycles. The van der Waals surface area contributed by atoms with Gasteiger partial charge in [-0.15, -0.1) is 0 Å². The number of hydrogen-bond donors (Lipinski definition) is 1. The van der Waals surface area contributed by atoms with Crippen LogP contribution in [0.25, 0.3) is 10.9 Å². The zero-order chi connectivity index (χ0) is 15.7. The van der Waals surface area contributed by atoms with Crippen molar-refractivity contribution in [3.8, 4) is 0 Å². The summed E-state index contributed by atoms with van der Waals surface area (Å²) < 4.78 is 2.08. The van der Waals surface area contributed by atoms with Crippen molar-refractivity contribution < 1.29 is 9.90 Å². The van der Waals surface area contributed by atoms with Gasteiger partial charge in [0.1, 0.15) is 0 Å². The van der Waals surface area contributed by atoms with Crippen molar-refractivity contribution in [1.29, 1.82) is 0 Å². The minimum atomic E-state index is 0.169. The summed E-state index contributed by atoms with van der Waals surface area (Å²) in [5.74, 6) is 0.398. The number of aliphatic hydroxyl groups excluding tert-OH is 1. The van der Waals surface area contributed by atoms with E-state index in [2.05, 4.69) is 29.8 Å². The number of carbonyl (C=O) groups excluding carboxylic acids is 1. The van der Waals surface area contributed by atoms with Gasteiger partial charge < -0.3 is 14.6 Å². The number of fused-ring (bicyclic) bond motifs is 1. The minimum absolute atomic E-state index is 0.169. The molecule has 1 aliphatic rings. The molecule has 2 unspecified atom stereocenters. The Balaban J connectivity index is 1.80. The number of hydrogen-bond acceptors (Lipinski definition) is 2. The molecule has 0 spiro atoms. The summed E-state index contributed by atoms with van der Waals surface area (Å²) in [7, 11) is 2.02. The van der Waals surface area contributed by atoms with E-state index in [9.17, 15) is 9.90 Å². The van der Waals surface area contributed by atoms with Crippen LogP contribution in [0.5, 0.6) is 0 Å². The Morgan fingerprint density at radius 1 is 1.32 bits per heavy atom. The lowest BCUT2D eigenvalue weighted by atomic mass is 9.93. The lowest BCUT2D eigenvalue weighted by Crippen LogP contribution is -2.46. The number of benzene rings is 1. The summed E-state index contributed by atoms with van der Waals surface area (Å²) in [4.78, 5) is 14.7. The van der Waals surface area contributed by atoms with Crippen LogP contribution >= 0.6 is 0 Å². The molecule has 1 fully saturated rings. The van der Waals surface area contributed by atoms with E-state index >= 15 is 0 Å². The molecule has 0 saturated carbocycles. The topological polar surface area (TPSA) is 45.5 Å². The first-order chi connectivity index (χ1) is 10.6. The quantitative estimate of drug-likeness (QED) is 0.945. The first kappa shape index (κ1) is 15.1. The van der Waals surface area contributed by atoms with Gasteiger partial charge in [-0.05, 0) is 37.3 Å². The molecule has 4 nitrogen and oxygen atoms in total. The fourth-order valence-electron chi connectivity index (χ4n) is 3.51. The second-order valence-corrected chi connectivity index (χ2v) is 6.48. The summed E-state index contributed by atoms with van der Waals surface area (Å²) in [6.45, 7) is 2.96. The molecule has 1 N–H and O–H groups in total. The summed E-state index contributed by atoms with van der Waals surface area (Å²) in [5, 5.41) is 10.5. The molecule has 2 heterocycles. The van der Waals surface area contributed by atoms with Crippen LogP contribution in [-0.4, -0.2) is 39.7 Å². The molecule has 3 rings (SSSR count). The van der Waals surface area contributed by atoms with Crippen molar-refractivity contribution in [2.45, 2.75) is 32.2 Å². The Morgan fingerprint density at radius 3 is 2.86 bits per heavy atom. The third kappa shape index (κ3) is 2.75. The van der Waals surface area contributed by atoms with Gasteiger partial charge in [-0.3, -0.25) is 4.79 Å². The first-order valence-electron chi connectivity index (χ1n) is 8.03. The standard InChI is InChI=1S/C18H24N2O2/c1-13-7-8-14(12-21)10-20(13)18(22)9-15-11-19(2)17-6-4-3-5-16(15)17/h3-6,11,13-14,21H,7-10,12H2,1-2H3. The van der Waals surface area contributed by atoms with Crippen molar-refractivity contribution in [3.63, 3.8) is 0 Å². The SMILES string of the molecule is CC1CCC(CO)CN1C(=O)Cc1cn(C)c2ccccc12. The van der Waals surface area contributed by atoms with E-state index in [1.807, 2.05) is 24.1 Å².